The van der Waals surface area contributed by atoms with E-state index < -0.39 is 0 Å². The predicted molar refractivity (Wildman–Crippen MR) is 146 cm³/mol. The van der Waals surface area contributed by atoms with Gasteiger partial charge >= 0.3 is 0 Å². The Hall–Kier alpha value is -3.89. The Morgan fingerprint density at radius 1 is 0.944 bits per heavy atom. The fraction of sp³-hybridized carbons (Fsp3) is 0.161. The minimum Gasteiger partial charge on any atom is -0.352 e. The molecule has 0 aliphatic rings. The first-order valence-electron chi connectivity index (χ1n) is 12.1. The Morgan fingerprint density at radius 3 is 2.50 bits per heavy atom. The quantitative estimate of drug-likeness (QED) is 0.256. The first-order valence-corrected chi connectivity index (χ1v) is 12.5. The summed E-state index contributed by atoms with van der Waals surface area (Å²) in [5.74, 6) is -0.141. The molecule has 1 unspecified atom stereocenters. The molecule has 4 nitrogen and oxygen atoms in total. The summed E-state index contributed by atoms with van der Waals surface area (Å²) in [6, 6.07) is 28.7. The van der Waals surface area contributed by atoms with E-state index >= 15 is 0 Å². The summed E-state index contributed by atoms with van der Waals surface area (Å²) < 4.78 is 2.28. The lowest BCUT2D eigenvalue weighted by Crippen LogP contribution is -2.25. The van der Waals surface area contributed by atoms with Gasteiger partial charge in [0.1, 0.15) is 0 Å². The molecule has 2 heterocycles. The van der Waals surface area contributed by atoms with Crippen molar-refractivity contribution in [2.75, 3.05) is 0 Å². The number of nitrogens with one attached hydrogen (secondary N) is 1. The monoisotopic (exact) mass is 493 g/mol. The molecule has 0 bridgehead atoms. The maximum Gasteiger partial charge on any atom is 0.221 e. The van der Waals surface area contributed by atoms with E-state index in [4.69, 9.17) is 11.6 Å². The van der Waals surface area contributed by atoms with Crippen LogP contribution in [0.5, 0.6) is 0 Å². The molecule has 1 amide bonds. The third kappa shape index (κ3) is 5.50. The Kier molecular flexibility index (Phi) is 7.15. The molecule has 0 radical (unpaired) electrons. The third-order valence-corrected chi connectivity index (χ3v) is 6.78. The average Bonchev–Trinajstić information content (AvgIpc) is 3.26. The summed E-state index contributed by atoms with van der Waals surface area (Å²) in [4.78, 5) is 17.2. The van der Waals surface area contributed by atoms with Gasteiger partial charge in [-0.2, -0.15) is 0 Å². The van der Waals surface area contributed by atoms with E-state index in [0.29, 0.717) is 18.0 Å². The van der Waals surface area contributed by atoms with Gasteiger partial charge in [0.2, 0.25) is 5.91 Å². The molecule has 0 spiro atoms. The first kappa shape index (κ1) is 23.8. The van der Waals surface area contributed by atoms with Crippen LogP contribution in [0, 0.1) is 6.92 Å². The molecule has 5 rings (SSSR count). The van der Waals surface area contributed by atoms with Crippen molar-refractivity contribution in [3.05, 3.63) is 136 Å². The van der Waals surface area contributed by atoms with Gasteiger partial charge in [0.15, 0.2) is 0 Å². The van der Waals surface area contributed by atoms with Gasteiger partial charge in [0, 0.05) is 59.9 Å². The number of hydrogen-bond donors (Lipinski definition) is 1. The maximum absolute atomic E-state index is 13.2. The second-order valence-corrected chi connectivity index (χ2v) is 9.60. The SMILES string of the molecule is Cc1ccc(Cn2cc(C(CC(=O)NCc3ccncc3)c3cccc(Cl)c3)c3ccccc32)cc1. The van der Waals surface area contributed by atoms with Crippen LogP contribution in [-0.2, 0) is 17.9 Å². The lowest BCUT2D eigenvalue weighted by Gasteiger charge is -2.18. The Labute approximate surface area is 216 Å². The highest BCUT2D eigenvalue weighted by molar-refractivity contribution is 6.30. The number of pyridine rings is 1. The molecular formula is C31H28ClN3O. The number of amides is 1. The van der Waals surface area contributed by atoms with Gasteiger partial charge in [0.25, 0.3) is 0 Å². The Morgan fingerprint density at radius 2 is 1.72 bits per heavy atom. The molecule has 3 aromatic carbocycles. The molecule has 36 heavy (non-hydrogen) atoms. The highest BCUT2D eigenvalue weighted by atomic mass is 35.5. The van der Waals surface area contributed by atoms with Crippen LogP contribution in [0.2, 0.25) is 5.02 Å². The van der Waals surface area contributed by atoms with E-state index in [0.717, 1.165) is 34.1 Å². The zero-order valence-corrected chi connectivity index (χ0v) is 21.0. The van der Waals surface area contributed by atoms with Crippen molar-refractivity contribution in [1.82, 2.24) is 14.9 Å². The molecule has 0 fully saturated rings. The summed E-state index contributed by atoms with van der Waals surface area (Å²) >= 11 is 6.39. The number of halogens is 1. The number of carbonyl (C=O) groups excluding carboxylic acids is 1. The molecule has 180 valence electrons. The summed E-state index contributed by atoms with van der Waals surface area (Å²) in [7, 11) is 0. The normalized spacial score (nSPS) is 11.9. The van der Waals surface area contributed by atoms with Crippen molar-refractivity contribution < 1.29 is 4.79 Å². The second-order valence-electron chi connectivity index (χ2n) is 9.16. The van der Waals surface area contributed by atoms with Crippen LogP contribution in [0.4, 0.5) is 0 Å². The fourth-order valence-electron chi connectivity index (χ4n) is 4.66. The average molecular weight is 494 g/mol. The van der Waals surface area contributed by atoms with E-state index in [1.807, 2.05) is 30.3 Å². The van der Waals surface area contributed by atoms with Crippen LogP contribution in [0.1, 0.15) is 40.2 Å². The smallest absolute Gasteiger partial charge is 0.221 e. The summed E-state index contributed by atoms with van der Waals surface area (Å²) in [5.41, 5.74) is 6.81. The van der Waals surface area contributed by atoms with Crippen LogP contribution < -0.4 is 5.32 Å². The Balaban J connectivity index is 1.49. The molecule has 0 aliphatic heterocycles. The van der Waals surface area contributed by atoms with Gasteiger partial charge in [-0.25, -0.2) is 0 Å². The van der Waals surface area contributed by atoms with Gasteiger partial charge in [-0.3, -0.25) is 9.78 Å². The van der Waals surface area contributed by atoms with E-state index in [1.54, 1.807) is 12.4 Å². The fourth-order valence-corrected chi connectivity index (χ4v) is 4.86. The summed E-state index contributed by atoms with van der Waals surface area (Å²) in [6.07, 6.45) is 5.99. The lowest BCUT2D eigenvalue weighted by atomic mass is 9.88. The second kappa shape index (κ2) is 10.8. The minimum atomic E-state index is -0.134. The standard InChI is InChI=1S/C31H28ClN3O/c1-22-9-11-24(12-10-22)20-35-21-29(27-7-2-3-8-30(27)35)28(25-5-4-6-26(32)17-25)18-31(36)34-19-23-13-15-33-16-14-23/h2-17,21,28H,18-20H2,1H3,(H,34,36). The number of rotatable bonds is 8. The van der Waals surface area contributed by atoms with Gasteiger partial charge in [0.05, 0.1) is 0 Å². The number of aromatic nitrogens is 2. The molecule has 0 saturated carbocycles. The van der Waals surface area contributed by atoms with E-state index in [1.165, 1.54) is 11.1 Å². The Bertz CT molecular complexity index is 1480. The number of hydrogen-bond acceptors (Lipinski definition) is 2. The zero-order chi connectivity index (χ0) is 24.9. The van der Waals surface area contributed by atoms with E-state index in [9.17, 15) is 4.79 Å². The predicted octanol–water partition coefficient (Wildman–Crippen LogP) is 6.88. The summed E-state index contributed by atoms with van der Waals surface area (Å²) in [5, 5.41) is 4.89. The van der Waals surface area contributed by atoms with Gasteiger partial charge in [-0.15, -0.1) is 0 Å². The topological polar surface area (TPSA) is 46.9 Å². The molecule has 0 aliphatic carbocycles. The van der Waals surface area contributed by atoms with Crippen molar-refractivity contribution in [1.29, 1.82) is 0 Å². The lowest BCUT2D eigenvalue weighted by molar-refractivity contribution is -0.121. The molecule has 0 saturated heterocycles. The van der Waals surface area contributed by atoms with Gasteiger partial charge in [-0.05, 0) is 59.5 Å². The van der Waals surface area contributed by atoms with Crippen LogP contribution in [-0.4, -0.2) is 15.5 Å². The number of para-hydroxylation sites is 1. The van der Waals surface area contributed by atoms with Crippen LogP contribution >= 0.6 is 11.6 Å². The number of benzene rings is 3. The molecule has 5 aromatic rings. The number of aryl methyl sites for hydroxylation is 1. The van der Waals surface area contributed by atoms with E-state index in [2.05, 4.69) is 82.6 Å². The van der Waals surface area contributed by atoms with Crippen LogP contribution in [0.15, 0.2) is 104 Å². The van der Waals surface area contributed by atoms with E-state index in [-0.39, 0.29) is 11.8 Å². The first-order chi connectivity index (χ1) is 17.6. The van der Waals surface area contributed by atoms with Crippen molar-refractivity contribution in [3.8, 4) is 0 Å². The van der Waals surface area contributed by atoms with Crippen molar-refractivity contribution in [2.45, 2.75) is 32.4 Å². The van der Waals surface area contributed by atoms with Crippen molar-refractivity contribution in [2.24, 2.45) is 0 Å². The largest absolute Gasteiger partial charge is 0.352 e. The molecule has 1 atom stereocenters. The maximum atomic E-state index is 13.2. The molecule has 2 aromatic heterocycles. The van der Waals surface area contributed by atoms with Crippen molar-refractivity contribution >= 4 is 28.4 Å². The van der Waals surface area contributed by atoms with Gasteiger partial charge < -0.3 is 9.88 Å². The summed E-state index contributed by atoms with van der Waals surface area (Å²) in [6.45, 7) is 3.33. The van der Waals surface area contributed by atoms with Gasteiger partial charge in [-0.1, -0.05) is 71.8 Å². The third-order valence-electron chi connectivity index (χ3n) is 6.55. The molecule has 5 heteroatoms. The van der Waals surface area contributed by atoms with Crippen molar-refractivity contribution in [3.63, 3.8) is 0 Å². The zero-order valence-electron chi connectivity index (χ0n) is 20.2. The number of carbonyl (C=O) groups is 1. The molecule has 1 N–H and O–H groups in total. The van der Waals surface area contributed by atoms with Crippen LogP contribution in [0.25, 0.3) is 10.9 Å². The highest BCUT2D eigenvalue weighted by Crippen LogP contribution is 2.36. The highest BCUT2D eigenvalue weighted by Gasteiger charge is 2.23. The minimum absolute atomic E-state index is 0.00727. The number of fused-ring (bicyclic) bond motifs is 1. The van der Waals surface area contributed by atoms with Crippen LogP contribution in [0.3, 0.4) is 0 Å². The molecular weight excluding hydrogens is 466 g/mol. The number of nitrogens with zero attached hydrogens (tertiary/aromatic N) is 2.